The first-order valence-electron chi connectivity index (χ1n) is 7.30. The second kappa shape index (κ2) is 8.02. The third-order valence-corrected chi connectivity index (χ3v) is 3.29. The molecule has 1 N–H and O–H groups in total. The summed E-state index contributed by atoms with van der Waals surface area (Å²) in [5.74, 6) is 3.03. The number of carbonyl (C=O) groups is 1. The van der Waals surface area contributed by atoms with Gasteiger partial charge in [0.2, 0.25) is 0 Å². The lowest BCUT2D eigenvalue weighted by atomic mass is 10.1. The molecule has 0 fully saturated rings. The quantitative estimate of drug-likeness (QED) is 0.831. The summed E-state index contributed by atoms with van der Waals surface area (Å²) < 4.78 is 10.7. The lowest BCUT2D eigenvalue weighted by molar-refractivity contribution is 0.102. The van der Waals surface area contributed by atoms with Gasteiger partial charge in [0.25, 0.3) is 5.91 Å². The van der Waals surface area contributed by atoms with Crippen molar-refractivity contribution in [2.45, 2.75) is 13.5 Å². The lowest BCUT2D eigenvalue weighted by Gasteiger charge is -2.11. The zero-order valence-electron chi connectivity index (χ0n) is 13.3. The molecule has 2 rings (SSSR count). The van der Waals surface area contributed by atoms with Crippen LogP contribution >= 0.6 is 0 Å². The minimum atomic E-state index is -0.209. The number of terminal acetylenes is 1. The van der Waals surface area contributed by atoms with Gasteiger partial charge in [-0.1, -0.05) is 12.0 Å². The average molecular weight is 309 g/mol. The van der Waals surface area contributed by atoms with Crippen molar-refractivity contribution in [2.75, 3.05) is 19.0 Å². The summed E-state index contributed by atoms with van der Waals surface area (Å²) in [6, 6.07) is 12.4. The molecule has 0 bridgehead atoms. The molecule has 118 valence electrons. The minimum Gasteiger partial charge on any atom is -0.496 e. The number of hydrogen-bond donors (Lipinski definition) is 1. The second-order valence-electron chi connectivity index (χ2n) is 4.84. The van der Waals surface area contributed by atoms with Crippen LogP contribution in [0.4, 0.5) is 5.69 Å². The van der Waals surface area contributed by atoms with E-state index in [9.17, 15) is 4.79 Å². The van der Waals surface area contributed by atoms with Gasteiger partial charge in [0.15, 0.2) is 0 Å². The largest absolute Gasteiger partial charge is 0.496 e. The molecule has 2 aromatic rings. The molecule has 1 amide bonds. The normalized spacial score (nSPS) is 9.96. The molecule has 0 aromatic heterocycles. The predicted octanol–water partition coefficient (Wildman–Crippen LogP) is 3.47. The number of hydrogen-bond acceptors (Lipinski definition) is 3. The van der Waals surface area contributed by atoms with Crippen LogP contribution in [0.2, 0.25) is 0 Å². The molecular weight excluding hydrogens is 290 g/mol. The fourth-order valence-corrected chi connectivity index (χ4v) is 2.13. The Kier molecular flexibility index (Phi) is 5.79. The Labute approximate surface area is 136 Å². The summed E-state index contributed by atoms with van der Waals surface area (Å²) in [6.07, 6.45) is 5.37. The number of anilines is 1. The van der Waals surface area contributed by atoms with E-state index < -0.39 is 0 Å². The Morgan fingerprint density at radius 2 is 2.09 bits per heavy atom. The highest BCUT2D eigenvalue weighted by atomic mass is 16.5. The standard InChI is InChI=1S/C19H19NO3/c1-4-14-7-6-8-17(11-14)20-19(21)15-9-10-18(22-3)16(12-15)13-23-5-2/h1,6-12H,5,13H2,2-3H3,(H,20,21). The van der Waals surface area contributed by atoms with Crippen LogP contribution in [0.25, 0.3) is 0 Å². The van der Waals surface area contributed by atoms with Crippen LogP contribution in [0.3, 0.4) is 0 Å². The molecule has 0 aliphatic carbocycles. The van der Waals surface area contributed by atoms with E-state index in [4.69, 9.17) is 15.9 Å². The Morgan fingerprint density at radius 3 is 2.78 bits per heavy atom. The highest BCUT2D eigenvalue weighted by Crippen LogP contribution is 2.21. The summed E-state index contributed by atoms with van der Waals surface area (Å²) in [7, 11) is 1.59. The van der Waals surface area contributed by atoms with Crippen LogP contribution in [0.1, 0.15) is 28.4 Å². The second-order valence-corrected chi connectivity index (χ2v) is 4.84. The SMILES string of the molecule is C#Cc1cccc(NC(=O)c2ccc(OC)c(COCC)c2)c1. The van der Waals surface area contributed by atoms with Gasteiger partial charge >= 0.3 is 0 Å². The lowest BCUT2D eigenvalue weighted by Crippen LogP contribution is -2.12. The van der Waals surface area contributed by atoms with E-state index in [0.29, 0.717) is 30.2 Å². The minimum absolute atomic E-state index is 0.209. The molecule has 0 unspecified atom stereocenters. The van der Waals surface area contributed by atoms with Gasteiger partial charge in [0, 0.05) is 29.0 Å². The zero-order valence-corrected chi connectivity index (χ0v) is 13.3. The van der Waals surface area contributed by atoms with Gasteiger partial charge in [-0.25, -0.2) is 0 Å². The Bertz CT molecular complexity index is 732. The summed E-state index contributed by atoms with van der Waals surface area (Å²) in [5.41, 5.74) is 2.74. The third-order valence-electron chi connectivity index (χ3n) is 3.29. The van der Waals surface area contributed by atoms with Crippen LogP contribution < -0.4 is 10.1 Å². The van der Waals surface area contributed by atoms with Crippen LogP contribution in [-0.2, 0) is 11.3 Å². The van der Waals surface area contributed by atoms with E-state index in [1.54, 1.807) is 43.5 Å². The molecule has 0 aliphatic rings. The van der Waals surface area contributed by atoms with Crippen molar-refractivity contribution >= 4 is 11.6 Å². The van der Waals surface area contributed by atoms with Crippen LogP contribution in [0, 0.1) is 12.3 Å². The zero-order chi connectivity index (χ0) is 16.7. The van der Waals surface area contributed by atoms with Crippen molar-refractivity contribution < 1.29 is 14.3 Å². The number of benzene rings is 2. The average Bonchev–Trinajstić information content (AvgIpc) is 2.59. The summed E-state index contributed by atoms with van der Waals surface area (Å²) in [6.45, 7) is 2.91. The summed E-state index contributed by atoms with van der Waals surface area (Å²) >= 11 is 0. The molecule has 0 radical (unpaired) electrons. The monoisotopic (exact) mass is 309 g/mol. The van der Waals surface area contributed by atoms with Crippen molar-refractivity contribution in [1.29, 1.82) is 0 Å². The van der Waals surface area contributed by atoms with Crippen molar-refractivity contribution in [3.05, 3.63) is 59.2 Å². The first-order valence-corrected chi connectivity index (χ1v) is 7.30. The number of nitrogens with one attached hydrogen (secondary N) is 1. The van der Waals surface area contributed by atoms with E-state index in [-0.39, 0.29) is 5.91 Å². The first kappa shape index (κ1) is 16.6. The van der Waals surface area contributed by atoms with Gasteiger partial charge in [0.05, 0.1) is 13.7 Å². The van der Waals surface area contributed by atoms with E-state index in [1.807, 2.05) is 13.0 Å². The van der Waals surface area contributed by atoms with Gasteiger partial charge in [-0.15, -0.1) is 6.42 Å². The molecule has 4 nitrogen and oxygen atoms in total. The highest BCUT2D eigenvalue weighted by Gasteiger charge is 2.11. The molecule has 0 saturated carbocycles. The number of ether oxygens (including phenoxy) is 2. The molecule has 0 atom stereocenters. The smallest absolute Gasteiger partial charge is 0.255 e. The highest BCUT2D eigenvalue weighted by molar-refractivity contribution is 6.04. The van der Waals surface area contributed by atoms with Crippen LogP contribution in [0.15, 0.2) is 42.5 Å². The van der Waals surface area contributed by atoms with Gasteiger partial charge in [0.1, 0.15) is 5.75 Å². The number of amides is 1. The molecular formula is C19H19NO3. The number of rotatable bonds is 6. The van der Waals surface area contributed by atoms with Crippen molar-refractivity contribution in [1.82, 2.24) is 0 Å². The van der Waals surface area contributed by atoms with E-state index in [2.05, 4.69) is 11.2 Å². The Balaban J connectivity index is 2.19. The first-order chi connectivity index (χ1) is 11.2. The Morgan fingerprint density at radius 1 is 1.26 bits per heavy atom. The number of methoxy groups -OCH3 is 1. The van der Waals surface area contributed by atoms with Crippen molar-refractivity contribution in [2.24, 2.45) is 0 Å². The topological polar surface area (TPSA) is 47.6 Å². The molecule has 0 heterocycles. The maximum Gasteiger partial charge on any atom is 0.255 e. The molecule has 4 heteroatoms. The molecule has 23 heavy (non-hydrogen) atoms. The van der Waals surface area contributed by atoms with Crippen LogP contribution in [0.5, 0.6) is 5.75 Å². The molecule has 0 aliphatic heterocycles. The van der Waals surface area contributed by atoms with E-state index in [1.165, 1.54) is 0 Å². The fraction of sp³-hybridized carbons (Fsp3) is 0.211. The summed E-state index contributed by atoms with van der Waals surface area (Å²) in [5, 5.41) is 2.84. The van der Waals surface area contributed by atoms with Crippen LogP contribution in [-0.4, -0.2) is 19.6 Å². The van der Waals surface area contributed by atoms with E-state index in [0.717, 1.165) is 11.1 Å². The van der Waals surface area contributed by atoms with Gasteiger partial charge in [-0.05, 0) is 43.3 Å². The van der Waals surface area contributed by atoms with Crippen molar-refractivity contribution in [3.8, 4) is 18.1 Å². The maximum absolute atomic E-state index is 12.4. The van der Waals surface area contributed by atoms with Crippen molar-refractivity contribution in [3.63, 3.8) is 0 Å². The van der Waals surface area contributed by atoms with Gasteiger partial charge in [-0.2, -0.15) is 0 Å². The van der Waals surface area contributed by atoms with E-state index >= 15 is 0 Å². The van der Waals surface area contributed by atoms with Gasteiger partial charge < -0.3 is 14.8 Å². The molecule has 0 saturated heterocycles. The third kappa shape index (κ3) is 4.35. The fourth-order valence-electron chi connectivity index (χ4n) is 2.13. The predicted molar refractivity (Wildman–Crippen MR) is 90.7 cm³/mol. The maximum atomic E-state index is 12.4. The molecule has 2 aromatic carbocycles. The molecule has 0 spiro atoms. The van der Waals surface area contributed by atoms with Gasteiger partial charge in [-0.3, -0.25) is 4.79 Å². The number of carbonyl (C=O) groups excluding carboxylic acids is 1. The summed E-state index contributed by atoms with van der Waals surface area (Å²) in [4.78, 5) is 12.4. The Hall–Kier alpha value is -2.77.